The minimum Gasteiger partial charge on any atom is -0.377 e. The maximum atomic E-state index is 13.4. The number of halogens is 1. The van der Waals surface area contributed by atoms with E-state index in [-0.39, 0.29) is 24.0 Å². The van der Waals surface area contributed by atoms with Crippen LogP contribution in [0, 0.1) is 3.57 Å². The van der Waals surface area contributed by atoms with Crippen molar-refractivity contribution in [1.29, 1.82) is 0 Å². The number of carbonyl (C=O) groups excluding carboxylic acids is 2. The predicted octanol–water partition coefficient (Wildman–Crippen LogP) is 2.79. The molecular formula is C21H21IN2O5S. The van der Waals surface area contributed by atoms with Crippen molar-refractivity contribution >= 4 is 50.1 Å². The van der Waals surface area contributed by atoms with Gasteiger partial charge in [-0.2, -0.15) is 4.31 Å². The van der Waals surface area contributed by atoms with E-state index in [1.807, 2.05) is 0 Å². The smallest absolute Gasteiger partial charge is 0.252 e. The minimum absolute atomic E-state index is 0.0431. The fraction of sp³-hybridized carbons (Fsp3) is 0.333. The molecule has 0 N–H and O–H groups in total. The fourth-order valence-corrected chi connectivity index (χ4v) is 5.81. The van der Waals surface area contributed by atoms with Gasteiger partial charge in [0, 0.05) is 16.7 Å². The molecule has 2 saturated heterocycles. The van der Waals surface area contributed by atoms with Crippen LogP contribution in [0.15, 0.2) is 59.5 Å². The summed E-state index contributed by atoms with van der Waals surface area (Å²) in [7, 11) is -3.99. The van der Waals surface area contributed by atoms with Gasteiger partial charge in [-0.25, -0.2) is 13.3 Å². The summed E-state index contributed by atoms with van der Waals surface area (Å²) in [6.45, 7) is 0.609. The molecular weight excluding hydrogens is 519 g/mol. The topological polar surface area (TPSA) is 84.0 Å². The van der Waals surface area contributed by atoms with Crippen molar-refractivity contribution in [3.8, 4) is 0 Å². The van der Waals surface area contributed by atoms with Gasteiger partial charge in [-0.3, -0.25) is 9.59 Å². The average molecular weight is 540 g/mol. The van der Waals surface area contributed by atoms with Crippen molar-refractivity contribution in [3.05, 3.63) is 58.2 Å². The SMILES string of the molecule is O=C1CC(N(CC2CCCO2)S(=O)(=O)c2ccccc2)C(=O)N1c1ccc(I)cc1. The van der Waals surface area contributed by atoms with E-state index >= 15 is 0 Å². The van der Waals surface area contributed by atoms with Gasteiger partial charge in [-0.05, 0) is 71.8 Å². The number of nitrogens with zero attached hydrogens (tertiary/aromatic N) is 2. The highest BCUT2D eigenvalue weighted by molar-refractivity contribution is 14.1. The molecule has 2 unspecified atom stereocenters. The van der Waals surface area contributed by atoms with Crippen LogP contribution >= 0.6 is 22.6 Å². The molecule has 30 heavy (non-hydrogen) atoms. The van der Waals surface area contributed by atoms with Crippen LogP contribution in [-0.4, -0.2) is 49.8 Å². The summed E-state index contributed by atoms with van der Waals surface area (Å²) in [6.07, 6.45) is 1.08. The van der Waals surface area contributed by atoms with E-state index in [0.29, 0.717) is 12.3 Å². The molecule has 0 saturated carbocycles. The zero-order chi connectivity index (χ0) is 21.3. The van der Waals surface area contributed by atoms with Gasteiger partial charge >= 0.3 is 0 Å². The maximum Gasteiger partial charge on any atom is 0.252 e. The van der Waals surface area contributed by atoms with Crippen molar-refractivity contribution < 1.29 is 22.7 Å². The molecule has 0 spiro atoms. The van der Waals surface area contributed by atoms with Crippen LogP contribution in [0.5, 0.6) is 0 Å². The third-order valence-corrected chi connectivity index (χ3v) is 7.92. The summed E-state index contributed by atoms with van der Waals surface area (Å²) in [5.74, 6) is -0.939. The van der Waals surface area contributed by atoms with Gasteiger partial charge in [0.1, 0.15) is 6.04 Å². The number of sulfonamides is 1. The molecule has 2 heterocycles. The Morgan fingerprint density at radius 1 is 1.07 bits per heavy atom. The lowest BCUT2D eigenvalue weighted by Crippen LogP contribution is -2.48. The fourth-order valence-electron chi connectivity index (χ4n) is 3.81. The first-order chi connectivity index (χ1) is 14.4. The number of ether oxygens (including phenoxy) is 1. The summed E-state index contributed by atoms with van der Waals surface area (Å²) < 4.78 is 34.6. The summed E-state index contributed by atoms with van der Waals surface area (Å²) in [5, 5.41) is 0. The zero-order valence-electron chi connectivity index (χ0n) is 16.1. The Hall–Kier alpha value is -1.82. The first-order valence-corrected chi connectivity index (χ1v) is 12.2. The van der Waals surface area contributed by atoms with Gasteiger partial charge in [0.15, 0.2) is 0 Å². The van der Waals surface area contributed by atoms with Crippen LogP contribution in [0.2, 0.25) is 0 Å². The summed E-state index contributed by atoms with van der Waals surface area (Å²) in [5.41, 5.74) is 0.446. The van der Waals surface area contributed by atoms with E-state index in [1.54, 1.807) is 42.5 Å². The molecule has 0 aliphatic carbocycles. The first-order valence-electron chi connectivity index (χ1n) is 9.69. The molecule has 0 bridgehead atoms. The van der Waals surface area contributed by atoms with E-state index in [9.17, 15) is 18.0 Å². The van der Waals surface area contributed by atoms with Crippen molar-refractivity contribution in [2.75, 3.05) is 18.1 Å². The molecule has 2 atom stereocenters. The van der Waals surface area contributed by atoms with Gasteiger partial charge in [-0.15, -0.1) is 0 Å². The van der Waals surface area contributed by atoms with E-state index in [1.165, 1.54) is 12.1 Å². The highest BCUT2D eigenvalue weighted by Crippen LogP contribution is 2.31. The molecule has 0 aromatic heterocycles. The molecule has 7 nitrogen and oxygen atoms in total. The molecule has 2 amide bonds. The number of imide groups is 1. The summed E-state index contributed by atoms with van der Waals surface area (Å²) in [6, 6.07) is 13.9. The minimum atomic E-state index is -3.99. The quantitative estimate of drug-likeness (QED) is 0.416. The second-order valence-corrected chi connectivity index (χ2v) is 10.4. The number of hydrogen-bond acceptors (Lipinski definition) is 5. The number of anilines is 1. The lowest BCUT2D eigenvalue weighted by atomic mass is 10.2. The largest absolute Gasteiger partial charge is 0.377 e. The predicted molar refractivity (Wildman–Crippen MR) is 119 cm³/mol. The first kappa shape index (κ1) is 21.4. The van der Waals surface area contributed by atoms with E-state index in [0.717, 1.165) is 25.6 Å². The molecule has 4 rings (SSSR count). The number of hydrogen-bond donors (Lipinski definition) is 0. The molecule has 0 radical (unpaired) electrons. The molecule has 2 aliphatic rings. The van der Waals surface area contributed by atoms with Crippen molar-refractivity contribution in [2.24, 2.45) is 0 Å². The monoisotopic (exact) mass is 540 g/mol. The Morgan fingerprint density at radius 3 is 2.40 bits per heavy atom. The lowest BCUT2D eigenvalue weighted by Gasteiger charge is -2.28. The second-order valence-electron chi connectivity index (χ2n) is 7.29. The number of benzene rings is 2. The van der Waals surface area contributed by atoms with E-state index in [2.05, 4.69) is 22.6 Å². The van der Waals surface area contributed by atoms with Crippen molar-refractivity contribution in [1.82, 2.24) is 4.31 Å². The van der Waals surface area contributed by atoms with Gasteiger partial charge in [0.2, 0.25) is 15.9 Å². The number of rotatable bonds is 6. The van der Waals surface area contributed by atoms with E-state index < -0.39 is 27.9 Å². The van der Waals surface area contributed by atoms with Gasteiger partial charge in [0.25, 0.3) is 5.91 Å². The number of amides is 2. The third-order valence-electron chi connectivity index (χ3n) is 5.31. The van der Waals surface area contributed by atoms with Crippen LogP contribution in [0.25, 0.3) is 0 Å². The van der Waals surface area contributed by atoms with Crippen molar-refractivity contribution in [3.63, 3.8) is 0 Å². The molecule has 2 aromatic rings. The lowest BCUT2D eigenvalue weighted by molar-refractivity contribution is -0.122. The second kappa shape index (κ2) is 8.74. The van der Waals surface area contributed by atoms with Gasteiger partial charge in [0.05, 0.1) is 23.1 Å². The summed E-state index contributed by atoms with van der Waals surface area (Å²) in [4.78, 5) is 27.2. The normalized spacial score (nSPS) is 22.3. The maximum absolute atomic E-state index is 13.4. The average Bonchev–Trinajstić information content (AvgIpc) is 3.35. The highest BCUT2D eigenvalue weighted by atomic mass is 127. The molecule has 158 valence electrons. The highest BCUT2D eigenvalue weighted by Gasteiger charge is 2.47. The van der Waals surface area contributed by atoms with Crippen LogP contribution < -0.4 is 4.90 Å². The Morgan fingerprint density at radius 2 is 1.77 bits per heavy atom. The molecule has 2 aliphatic heterocycles. The van der Waals surface area contributed by atoms with Crippen LogP contribution in [0.4, 0.5) is 5.69 Å². The van der Waals surface area contributed by atoms with Crippen LogP contribution in [-0.2, 0) is 24.3 Å². The summed E-state index contributed by atoms with van der Waals surface area (Å²) >= 11 is 2.14. The van der Waals surface area contributed by atoms with Gasteiger partial charge < -0.3 is 4.74 Å². The van der Waals surface area contributed by atoms with Gasteiger partial charge in [-0.1, -0.05) is 18.2 Å². The Bertz CT molecular complexity index is 1040. The molecule has 2 aromatic carbocycles. The Balaban J connectivity index is 1.69. The molecule has 2 fully saturated rings. The number of carbonyl (C=O) groups is 2. The molecule has 9 heteroatoms. The Labute approximate surface area is 189 Å². The van der Waals surface area contributed by atoms with Crippen LogP contribution in [0.1, 0.15) is 19.3 Å². The zero-order valence-corrected chi connectivity index (χ0v) is 19.1. The third kappa shape index (κ3) is 4.16. The standard InChI is InChI=1S/C21H21IN2O5S/c22-15-8-10-16(11-9-15)24-20(25)13-19(21(24)26)23(14-17-5-4-12-29-17)30(27,28)18-6-2-1-3-7-18/h1-3,6-11,17,19H,4-5,12-14H2. The van der Waals surface area contributed by atoms with Crippen LogP contribution in [0.3, 0.4) is 0 Å². The van der Waals surface area contributed by atoms with E-state index in [4.69, 9.17) is 4.74 Å². The van der Waals surface area contributed by atoms with Crippen molar-refractivity contribution in [2.45, 2.75) is 36.3 Å². The Kier molecular flexibility index (Phi) is 6.24.